The molecule has 0 saturated carbocycles. The molecular formula is C19H23N3O2. The van der Waals surface area contributed by atoms with Gasteiger partial charge in [-0.2, -0.15) is 0 Å². The van der Waals surface area contributed by atoms with Crippen molar-refractivity contribution in [1.82, 2.24) is 14.8 Å². The van der Waals surface area contributed by atoms with Crippen molar-refractivity contribution < 1.29 is 9.53 Å². The smallest absolute Gasteiger partial charge is 0.254 e. The van der Waals surface area contributed by atoms with Crippen LogP contribution in [0.25, 0.3) is 10.9 Å². The number of rotatable bonds is 2. The van der Waals surface area contributed by atoms with Crippen LogP contribution in [0.2, 0.25) is 0 Å². The monoisotopic (exact) mass is 325 g/mol. The van der Waals surface area contributed by atoms with Crippen LogP contribution in [0.15, 0.2) is 36.5 Å². The first-order chi connectivity index (χ1) is 11.8. The number of ether oxygens (including phenoxy) is 1. The lowest BCUT2D eigenvalue weighted by atomic mass is 10.1. The highest BCUT2D eigenvalue weighted by Crippen LogP contribution is 2.26. The highest BCUT2D eigenvalue weighted by Gasteiger charge is 2.38. The topological polar surface area (TPSA) is 45.7 Å². The van der Waals surface area contributed by atoms with E-state index in [2.05, 4.69) is 16.8 Å². The molecule has 4 rings (SSSR count). The zero-order valence-electron chi connectivity index (χ0n) is 14.0. The molecule has 1 aromatic heterocycles. The van der Waals surface area contributed by atoms with E-state index in [1.807, 2.05) is 35.2 Å². The molecule has 2 fully saturated rings. The molecule has 0 N–H and O–H groups in total. The van der Waals surface area contributed by atoms with Gasteiger partial charge in [-0.1, -0.05) is 25.1 Å². The van der Waals surface area contributed by atoms with Crippen LogP contribution in [0.5, 0.6) is 0 Å². The lowest BCUT2D eigenvalue weighted by Gasteiger charge is -2.22. The minimum atomic E-state index is 0.0910. The first-order valence-corrected chi connectivity index (χ1v) is 8.73. The summed E-state index contributed by atoms with van der Waals surface area (Å²) in [5, 5.41) is 0.924. The van der Waals surface area contributed by atoms with E-state index in [0.29, 0.717) is 12.5 Å². The first kappa shape index (κ1) is 15.5. The number of likely N-dealkylation sites (N-methyl/N-ethyl adjacent to an activating group) is 1. The second-order valence-electron chi connectivity index (χ2n) is 6.65. The molecule has 0 spiro atoms. The lowest BCUT2D eigenvalue weighted by Crippen LogP contribution is -2.33. The molecule has 5 heteroatoms. The number of carbonyl (C=O) groups excluding carboxylic acids is 1. The van der Waals surface area contributed by atoms with Crippen molar-refractivity contribution in [2.24, 2.45) is 5.92 Å². The summed E-state index contributed by atoms with van der Waals surface area (Å²) in [7, 11) is 0. The van der Waals surface area contributed by atoms with Crippen LogP contribution in [-0.2, 0) is 4.74 Å². The van der Waals surface area contributed by atoms with Gasteiger partial charge in [-0.15, -0.1) is 0 Å². The predicted molar refractivity (Wildman–Crippen MR) is 93.0 cm³/mol. The third-order valence-corrected chi connectivity index (χ3v) is 5.23. The first-order valence-electron chi connectivity index (χ1n) is 8.73. The van der Waals surface area contributed by atoms with Gasteiger partial charge in [-0.3, -0.25) is 9.78 Å². The number of fused-ring (bicyclic) bond motifs is 2. The molecule has 1 amide bonds. The Bertz CT molecular complexity index is 743. The maximum atomic E-state index is 13.1. The largest absolute Gasteiger partial charge is 0.375 e. The van der Waals surface area contributed by atoms with E-state index in [1.165, 1.54) is 0 Å². The fraction of sp³-hybridized carbons (Fsp3) is 0.474. The Labute approximate surface area is 142 Å². The van der Waals surface area contributed by atoms with E-state index in [9.17, 15) is 4.79 Å². The Balaban J connectivity index is 1.57. The summed E-state index contributed by atoms with van der Waals surface area (Å²) in [5.74, 6) is 0.498. The van der Waals surface area contributed by atoms with Crippen molar-refractivity contribution in [2.75, 3.05) is 39.3 Å². The second kappa shape index (κ2) is 6.49. The summed E-state index contributed by atoms with van der Waals surface area (Å²) >= 11 is 0. The van der Waals surface area contributed by atoms with Gasteiger partial charge in [-0.05, 0) is 18.7 Å². The molecular weight excluding hydrogens is 302 g/mol. The van der Waals surface area contributed by atoms with Crippen molar-refractivity contribution in [2.45, 2.75) is 13.0 Å². The van der Waals surface area contributed by atoms with Crippen molar-refractivity contribution in [3.8, 4) is 0 Å². The van der Waals surface area contributed by atoms with Crippen molar-refractivity contribution in [1.29, 1.82) is 0 Å². The van der Waals surface area contributed by atoms with Gasteiger partial charge in [-0.25, -0.2) is 0 Å². The molecule has 1 aromatic carbocycles. The van der Waals surface area contributed by atoms with Gasteiger partial charge in [0.2, 0.25) is 0 Å². The van der Waals surface area contributed by atoms with Crippen LogP contribution >= 0.6 is 0 Å². The molecule has 0 bridgehead atoms. The number of para-hydroxylation sites is 1. The molecule has 0 unspecified atom stereocenters. The Morgan fingerprint density at radius 2 is 2.12 bits per heavy atom. The van der Waals surface area contributed by atoms with Gasteiger partial charge >= 0.3 is 0 Å². The number of amides is 1. The van der Waals surface area contributed by atoms with Gasteiger partial charge in [0, 0.05) is 43.7 Å². The number of carbonyl (C=O) groups is 1. The van der Waals surface area contributed by atoms with E-state index in [1.54, 1.807) is 6.20 Å². The molecule has 2 saturated heterocycles. The van der Waals surface area contributed by atoms with Crippen molar-refractivity contribution in [3.63, 3.8) is 0 Å². The number of likely N-dealkylation sites (tertiary alicyclic amines) is 1. The molecule has 5 nitrogen and oxygen atoms in total. The normalized spacial score (nSPS) is 24.8. The Hall–Kier alpha value is -1.98. The van der Waals surface area contributed by atoms with Crippen molar-refractivity contribution in [3.05, 3.63) is 42.1 Å². The summed E-state index contributed by atoms with van der Waals surface area (Å²) in [5.41, 5.74) is 1.61. The van der Waals surface area contributed by atoms with E-state index in [4.69, 9.17) is 4.74 Å². The molecule has 2 atom stereocenters. The number of aromatic nitrogens is 1. The third kappa shape index (κ3) is 2.78. The molecule has 2 aliphatic heterocycles. The fourth-order valence-corrected chi connectivity index (χ4v) is 3.87. The molecule has 126 valence electrons. The van der Waals surface area contributed by atoms with E-state index >= 15 is 0 Å². The molecule has 2 aromatic rings. The summed E-state index contributed by atoms with van der Waals surface area (Å²) in [6, 6.07) is 9.65. The SMILES string of the molecule is CCN1CCO[C@H]2CN(C(=O)c3ccnc4ccccc34)C[C@H]2C1. The van der Waals surface area contributed by atoms with Gasteiger partial charge in [0.25, 0.3) is 5.91 Å². The van der Waals surface area contributed by atoms with Gasteiger partial charge in [0.05, 0.1) is 23.8 Å². The lowest BCUT2D eigenvalue weighted by molar-refractivity contribution is 0.0485. The summed E-state index contributed by atoms with van der Waals surface area (Å²) in [6.45, 7) is 7.45. The van der Waals surface area contributed by atoms with Crippen LogP contribution < -0.4 is 0 Å². The van der Waals surface area contributed by atoms with Crippen LogP contribution in [0.1, 0.15) is 17.3 Å². The highest BCUT2D eigenvalue weighted by atomic mass is 16.5. The molecule has 24 heavy (non-hydrogen) atoms. The van der Waals surface area contributed by atoms with Crippen LogP contribution in [0.4, 0.5) is 0 Å². The zero-order chi connectivity index (χ0) is 16.5. The van der Waals surface area contributed by atoms with E-state index in [0.717, 1.165) is 49.3 Å². The summed E-state index contributed by atoms with van der Waals surface area (Å²) < 4.78 is 6.01. The van der Waals surface area contributed by atoms with Gasteiger partial charge in [0.15, 0.2) is 0 Å². The number of hydrogen-bond donors (Lipinski definition) is 0. The third-order valence-electron chi connectivity index (χ3n) is 5.23. The Morgan fingerprint density at radius 3 is 3.00 bits per heavy atom. The maximum absolute atomic E-state index is 13.1. The zero-order valence-corrected chi connectivity index (χ0v) is 14.0. The fourth-order valence-electron chi connectivity index (χ4n) is 3.87. The summed E-state index contributed by atoms with van der Waals surface area (Å²) in [6.07, 6.45) is 1.89. The van der Waals surface area contributed by atoms with Crippen LogP contribution in [0, 0.1) is 5.92 Å². The minimum Gasteiger partial charge on any atom is -0.375 e. The number of hydrogen-bond acceptors (Lipinski definition) is 4. The van der Waals surface area contributed by atoms with Crippen LogP contribution in [-0.4, -0.2) is 66.1 Å². The second-order valence-corrected chi connectivity index (χ2v) is 6.65. The Kier molecular flexibility index (Phi) is 4.21. The number of pyridine rings is 1. The van der Waals surface area contributed by atoms with Crippen LogP contribution in [0.3, 0.4) is 0 Å². The standard InChI is InChI=1S/C19H23N3O2/c1-2-21-9-10-24-18-13-22(12-14(18)11-21)19(23)16-7-8-20-17-6-4-3-5-15(16)17/h3-8,14,18H,2,9-13H2,1H3/t14-,18+/m1/s1. The average molecular weight is 325 g/mol. The number of nitrogens with zero attached hydrogens (tertiary/aromatic N) is 3. The van der Waals surface area contributed by atoms with E-state index < -0.39 is 0 Å². The molecule has 2 aliphatic rings. The average Bonchev–Trinajstić information content (AvgIpc) is 2.92. The highest BCUT2D eigenvalue weighted by molar-refractivity contribution is 6.06. The maximum Gasteiger partial charge on any atom is 0.254 e. The van der Waals surface area contributed by atoms with Crippen molar-refractivity contribution >= 4 is 16.8 Å². The predicted octanol–water partition coefficient (Wildman–Crippen LogP) is 2.03. The Morgan fingerprint density at radius 1 is 1.25 bits per heavy atom. The molecule has 0 aliphatic carbocycles. The quantitative estimate of drug-likeness (QED) is 0.847. The molecule has 0 radical (unpaired) electrons. The van der Waals surface area contributed by atoms with Gasteiger partial charge < -0.3 is 14.5 Å². The van der Waals surface area contributed by atoms with Gasteiger partial charge in [0.1, 0.15) is 0 Å². The molecule has 3 heterocycles. The minimum absolute atomic E-state index is 0.0910. The summed E-state index contributed by atoms with van der Waals surface area (Å²) in [4.78, 5) is 21.8. The number of benzene rings is 1. The van der Waals surface area contributed by atoms with E-state index in [-0.39, 0.29) is 12.0 Å².